The van der Waals surface area contributed by atoms with E-state index < -0.39 is 15.8 Å². The number of benzene rings is 2. The Hall–Kier alpha value is -1.40. The van der Waals surface area contributed by atoms with Crippen molar-refractivity contribution in [3.05, 3.63) is 58.3 Å². The van der Waals surface area contributed by atoms with Crippen LogP contribution in [-0.2, 0) is 10.0 Å². The monoisotopic (exact) mass is 343 g/mol. The van der Waals surface area contributed by atoms with Crippen LogP contribution in [0.3, 0.4) is 0 Å². The van der Waals surface area contributed by atoms with Crippen LogP contribution in [0.5, 0.6) is 0 Å². The molecule has 19 heavy (non-hydrogen) atoms. The Balaban J connectivity index is 2.33. The molecule has 0 heterocycles. The van der Waals surface area contributed by atoms with Crippen molar-refractivity contribution in [3.63, 3.8) is 0 Å². The molecule has 0 unspecified atom stereocenters. The van der Waals surface area contributed by atoms with Crippen molar-refractivity contribution in [2.24, 2.45) is 0 Å². The van der Waals surface area contributed by atoms with Gasteiger partial charge in [0.1, 0.15) is 5.82 Å². The summed E-state index contributed by atoms with van der Waals surface area (Å²) in [6.45, 7) is 1.61. The first-order chi connectivity index (χ1) is 8.88. The molecule has 0 aliphatic heterocycles. The lowest BCUT2D eigenvalue weighted by molar-refractivity contribution is 0.601. The van der Waals surface area contributed by atoms with Crippen LogP contribution in [0.25, 0.3) is 0 Å². The van der Waals surface area contributed by atoms with E-state index in [2.05, 4.69) is 20.7 Å². The van der Waals surface area contributed by atoms with Crippen LogP contribution in [0, 0.1) is 12.7 Å². The zero-order chi connectivity index (χ0) is 14.0. The molecule has 3 nitrogen and oxygen atoms in total. The molecule has 0 aromatic heterocycles. The highest BCUT2D eigenvalue weighted by Crippen LogP contribution is 2.20. The SMILES string of the molecule is Cc1ccc(NS(=O)(=O)c2cccc(Br)c2)cc1F. The van der Waals surface area contributed by atoms with Gasteiger partial charge in [-0.15, -0.1) is 0 Å². The van der Waals surface area contributed by atoms with Gasteiger partial charge in [-0.25, -0.2) is 12.8 Å². The lowest BCUT2D eigenvalue weighted by atomic mass is 10.2. The molecule has 0 bridgehead atoms. The highest BCUT2D eigenvalue weighted by Gasteiger charge is 2.14. The molecule has 6 heteroatoms. The number of hydrogen-bond acceptors (Lipinski definition) is 2. The van der Waals surface area contributed by atoms with E-state index in [1.807, 2.05) is 0 Å². The van der Waals surface area contributed by atoms with E-state index in [0.29, 0.717) is 10.0 Å². The number of sulfonamides is 1. The third-order valence-corrected chi connectivity index (χ3v) is 4.40. The average Bonchev–Trinajstić information content (AvgIpc) is 2.33. The Morgan fingerprint density at radius 2 is 1.89 bits per heavy atom. The first-order valence-corrected chi connectivity index (χ1v) is 7.71. The van der Waals surface area contributed by atoms with Crippen LogP contribution in [0.4, 0.5) is 10.1 Å². The van der Waals surface area contributed by atoms with E-state index in [1.54, 1.807) is 19.1 Å². The summed E-state index contributed by atoms with van der Waals surface area (Å²) in [6, 6.07) is 10.5. The molecule has 0 radical (unpaired) electrons. The minimum absolute atomic E-state index is 0.114. The fourth-order valence-electron chi connectivity index (χ4n) is 1.50. The summed E-state index contributed by atoms with van der Waals surface area (Å²) in [5.74, 6) is -0.450. The maximum absolute atomic E-state index is 13.4. The minimum atomic E-state index is -3.71. The van der Waals surface area contributed by atoms with Crippen molar-refractivity contribution in [2.75, 3.05) is 4.72 Å². The third-order valence-electron chi connectivity index (χ3n) is 2.53. The lowest BCUT2D eigenvalue weighted by Crippen LogP contribution is -2.13. The Bertz CT molecular complexity index is 716. The third kappa shape index (κ3) is 3.33. The van der Waals surface area contributed by atoms with Gasteiger partial charge < -0.3 is 0 Å². The van der Waals surface area contributed by atoms with Crippen LogP contribution in [0.15, 0.2) is 51.8 Å². The predicted molar refractivity (Wildman–Crippen MR) is 76.1 cm³/mol. The van der Waals surface area contributed by atoms with Gasteiger partial charge in [-0.3, -0.25) is 4.72 Å². The van der Waals surface area contributed by atoms with E-state index in [1.165, 1.54) is 24.3 Å². The second-order valence-corrected chi connectivity index (χ2v) is 6.62. The predicted octanol–water partition coefficient (Wildman–Crippen LogP) is 3.70. The Kier molecular flexibility index (Phi) is 3.91. The molecule has 0 spiro atoms. The summed E-state index contributed by atoms with van der Waals surface area (Å²) in [5, 5.41) is 0. The second kappa shape index (κ2) is 5.30. The van der Waals surface area contributed by atoms with Gasteiger partial charge in [0.2, 0.25) is 0 Å². The first-order valence-electron chi connectivity index (χ1n) is 5.43. The Labute approximate surface area is 119 Å². The number of nitrogens with one attached hydrogen (secondary N) is 1. The number of anilines is 1. The highest BCUT2D eigenvalue weighted by atomic mass is 79.9. The quantitative estimate of drug-likeness (QED) is 0.923. The van der Waals surface area contributed by atoms with E-state index in [-0.39, 0.29) is 10.6 Å². The Morgan fingerprint density at radius 1 is 1.16 bits per heavy atom. The van der Waals surface area contributed by atoms with E-state index in [4.69, 9.17) is 0 Å². The maximum atomic E-state index is 13.4. The lowest BCUT2D eigenvalue weighted by Gasteiger charge is -2.09. The molecule has 0 aliphatic rings. The van der Waals surface area contributed by atoms with Crippen LogP contribution < -0.4 is 4.72 Å². The molecule has 0 atom stereocenters. The zero-order valence-corrected chi connectivity index (χ0v) is 12.4. The summed E-state index contributed by atoms with van der Waals surface area (Å²) in [4.78, 5) is 0.114. The average molecular weight is 344 g/mol. The van der Waals surface area contributed by atoms with Gasteiger partial charge in [-0.05, 0) is 42.8 Å². The molecule has 2 rings (SSSR count). The Morgan fingerprint density at radius 3 is 2.53 bits per heavy atom. The van der Waals surface area contributed by atoms with Gasteiger partial charge in [-0.1, -0.05) is 28.1 Å². The van der Waals surface area contributed by atoms with Gasteiger partial charge in [-0.2, -0.15) is 0 Å². The van der Waals surface area contributed by atoms with Crippen LogP contribution >= 0.6 is 15.9 Å². The summed E-state index contributed by atoms with van der Waals surface area (Å²) in [7, 11) is -3.71. The highest BCUT2D eigenvalue weighted by molar-refractivity contribution is 9.10. The smallest absolute Gasteiger partial charge is 0.261 e. The van der Waals surface area contributed by atoms with E-state index in [0.717, 1.165) is 6.07 Å². The van der Waals surface area contributed by atoms with Crippen molar-refractivity contribution >= 4 is 31.6 Å². The summed E-state index contributed by atoms with van der Waals surface area (Å²) < 4.78 is 40.6. The van der Waals surface area contributed by atoms with Crippen molar-refractivity contribution in [3.8, 4) is 0 Å². The van der Waals surface area contributed by atoms with Gasteiger partial charge >= 0.3 is 0 Å². The number of hydrogen-bond donors (Lipinski definition) is 1. The van der Waals surface area contributed by atoms with E-state index >= 15 is 0 Å². The van der Waals surface area contributed by atoms with Gasteiger partial charge in [0.15, 0.2) is 0 Å². The van der Waals surface area contributed by atoms with Crippen molar-refractivity contribution < 1.29 is 12.8 Å². The summed E-state index contributed by atoms with van der Waals surface area (Å²) in [6.07, 6.45) is 0. The number of rotatable bonds is 3. The van der Waals surface area contributed by atoms with Gasteiger partial charge in [0.25, 0.3) is 10.0 Å². The molecule has 100 valence electrons. The molecule has 0 saturated heterocycles. The molecule has 0 fully saturated rings. The molecule has 0 aliphatic carbocycles. The minimum Gasteiger partial charge on any atom is -0.280 e. The number of halogens is 2. The summed E-state index contributed by atoms with van der Waals surface area (Å²) in [5.41, 5.74) is 0.661. The van der Waals surface area contributed by atoms with Crippen LogP contribution in [-0.4, -0.2) is 8.42 Å². The normalized spacial score (nSPS) is 11.3. The molecule has 2 aromatic carbocycles. The van der Waals surface area contributed by atoms with Crippen molar-refractivity contribution in [1.29, 1.82) is 0 Å². The molecular weight excluding hydrogens is 333 g/mol. The first kappa shape index (κ1) is 14.0. The molecule has 0 amide bonds. The van der Waals surface area contributed by atoms with Crippen molar-refractivity contribution in [1.82, 2.24) is 0 Å². The zero-order valence-electron chi connectivity index (χ0n) is 10.0. The van der Waals surface area contributed by atoms with E-state index in [9.17, 15) is 12.8 Å². The van der Waals surface area contributed by atoms with Gasteiger partial charge in [0.05, 0.1) is 10.6 Å². The molecular formula is C13H11BrFNO2S. The maximum Gasteiger partial charge on any atom is 0.261 e. The largest absolute Gasteiger partial charge is 0.280 e. The molecule has 2 aromatic rings. The molecule has 1 N–H and O–H groups in total. The topological polar surface area (TPSA) is 46.2 Å². The fourth-order valence-corrected chi connectivity index (χ4v) is 3.15. The second-order valence-electron chi connectivity index (χ2n) is 4.03. The van der Waals surface area contributed by atoms with Crippen LogP contribution in [0.2, 0.25) is 0 Å². The summed E-state index contributed by atoms with van der Waals surface area (Å²) >= 11 is 3.21. The fraction of sp³-hybridized carbons (Fsp3) is 0.0769. The number of aryl methyl sites for hydroxylation is 1. The standard InChI is InChI=1S/C13H11BrFNO2S/c1-9-5-6-11(8-13(9)15)16-19(17,18)12-4-2-3-10(14)7-12/h2-8,16H,1H3. The van der Waals surface area contributed by atoms with Gasteiger partial charge in [0, 0.05) is 4.47 Å². The molecule has 0 saturated carbocycles. The van der Waals surface area contributed by atoms with Crippen molar-refractivity contribution in [2.45, 2.75) is 11.8 Å². The van der Waals surface area contributed by atoms with Crippen LogP contribution in [0.1, 0.15) is 5.56 Å².